The summed E-state index contributed by atoms with van der Waals surface area (Å²) in [6, 6.07) is 8.16. The minimum Gasteiger partial charge on any atom is -0.467 e. The molecular formula is C23H23N9OS. The van der Waals surface area contributed by atoms with Crippen molar-refractivity contribution in [2.24, 2.45) is 0 Å². The maximum atomic E-state index is 6.24. The van der Waals surface area contributed by atoms with E-state index in [0.29, 0.717) is 5.19 Å². The van der Waals surface area contributed by atoms with E-state index >= 15 is 0 Å². The zero-order chi connectivity index (χ0) is 22.9. The molecule has 5 aromatic rings. The summed E-state index contributed by atoms with van der Waals surface area (Å²) >= 11 is 1.53. The van der Waals surface area contributed by atoms with Gasteiger partial charge in [0.15, 0.2) is 5.82 Å². The molecule has 0 unspecified atom stereocenters. The fourth-order valence-corrected chi connectivity index (χ4v) is 4.89. The maximum absolute atomic E-state index is 6.24. The van der Waals surface area contributed by atoms with E-state index in [1.807, 2.05) is 30.0 Å². The molecule has 1 fully saturated rings. The number of aryl methyl sites for hydroxylation is 1. The van der Waals surface area contributed by atoms with Crippen molar-refractivity contribution < 1.29 is 4.74 Å². The first-order chi connectivity index (χ1) is 16.8. The maximum Gasteiger partial charge on any atom is 0.275 e. The number of rotatable bonds is 6. The summed E-state index contributed by atoms with van der Waals surface area (Å²) in [6.07, 6.45) is 10.4. The normalized spacial score (nSPS) is 14.7. The Bertz CT molecular complexity index is 1390. The van der Waals surface area contributed by atoms with Crippen LogP contribution in [0.2, 0.25) is 0 Å². The molecule has 0 amide bonds. The van der Waals surface area contributed by atoms with Gasteiger partial charge in [0, 0.05) is 55.3 Å². The predicted octanol–water partition coefficient (Wildman–Crippen LogP) is 3.46. The van der Waals surface area contributed by atoms with Crippen molar-refractivity contribution in [2.75, 3.05) is 18.0 Å². The molecule has 1 aromatic carbocycles. The first-order valence-electron chi connectivity index (χ1n) is 11.3. The van der Waals surface area contributed by atoms with Crippen LogP contribution in [0.25, 0.3) is 22.4 Å². The lowest BCUT2D eigenvalue weighted by Crippen LogP contribution is -2.39. The molecule has 1 saturated heterocycles. The second-order valence-electron chi connectivity index (χ2n) is 8.20. The summed E-state index contributed by atoms with van der Waals surface area (Å²) < 4.78 is 9.95. The van der Waals surface area contributed by atoms with Crippen LogP contribution in [0, 0.1) is 0 Å². The summed E-state index contributed by atoms with van der Waals surface area (Å²) in [5.41, 5.74) is 3.14. The predicted molar refractivity (Wildman–Crippen MR) is 129 cm³/mol. The zero-order valence-corrected chi connectivity index (χ0v) is 19.5. The van der Waals surface area contributed by atoms with Crippen LogP contribution in [0.5, 0.6) is 5.19 Å². The molecule has 172 valence electrons. The Hall–Kier alpha value is -3.86. The molecule has 11 heteroatoms. The minimum absolute atomic E-state index is 0.144. The highest BCUT2D eigenvalue weighted by atomic mass is 32.1. The highest BCUT2D eigenvalue weighted by Crippen LogP contribution is 2.28. The molecule has 4 aromatic heterocycles. The number of hydrogen-bond acceptors (Lipinski definition) is 9. The molecule has 0 saturated carbocycles. The topological polar surface area (TPSA) is 99.7 Å². The average molecular weight is 474 g/mol. The van der Waals surface area contributed by atoms with E-state index in [1.54, 1.807) is 11.0 Å². The van der Waals surface area contributed by atoms with Crippen molar-refractivity contribution in [1.29, 1.82) is 0 Å². The van der Waals surface area contributed by atoms with Crippen molar-refractivity contribution in [3.05, 3.63) is 60.1 Å². The molecule has 0 spiro atoms. The van der Waals surface area contributed by atoms with Crippen LogP contribution in [-0.4, -0.2) is 58.9 Å². The Labute approximate surface area is 199 Å². The smallest absolute Gasteiger partial charge is 0.275 e. The highest BCUT2D eigenvalue weighted by Gasteiger charge is 2.23. The summed E-state index contributed by atoms with van der Waals surface area (Å²) in [5, 5.41) is 15.2. The second-order valence-corrected chi connectivity index (χ2v) is 9.02. The van der Waals surface area contributed by atoms with Gasteiger partial charge in [-0.25, -0.2) is 14.6 Å². The van der Waals surface area contributed by atoms with E-state index in [4.69, 9.17) is 9.72 Å². The molecule has 0 radical (unpaired) electrons. The third-order valence-corrected chi connectivity index (χ3v) is 6.82. The molecule has 1 aliphatic heterocycles. The number of aromatic nitrogens is 8. The fourth-order valence-electron chi connectivity index (χ4n) is 4.18. The summed E-state index contributed by atoms with van der Waals surface area (Å²) in [4.78, 5) is 16.0. The van der Waals surface area contributed by atoms with Crippen LogP contribution in [0.15, 0.2) is 54.6 Å². The van der Waals surface area contributed by atoms with Gasteiger partial charge in [-0.15, -0.1) is 5.10 Å². The number of fused-ring (bicyclic) bond motifs is 1. The van der Waals surface area contributed by atoms with Crippen LogP contribution in [0.4, 0.5) is 5.95 Å². The third-order valence-electron chi connectivity index (χ3n) is 6.10. The SMILES string of the molecule is CCc1cnc(N2CCC(Oc3nc(-n4ccc5cc(-n6cnnn6)ccc54)cs3)CC2)nc1. The van der Waals surface area contributed by atoms with Crippen molar-refractivity contribution >= 4 is 28.2 Å². The van der Waals surface area contributed by atoms with Crippen molar-refractivity contribution in [2.45, 2.75) is 32.3 Å². The molecule has 1 aliphatic rings. The Morgan fingerprint density at radius 1 is 1.12 bits per heavy atom. The zero-order valence-electron chi connectivity index (χ0n) is 18.7. The fraction of sp³-hybridized carbons (Fsp3) is 0.304. The molecule has 0 atom stereocenters. The number of tetrazole rings is 1. The molecule has 34 heavy (non-hydrogen) atoms. The monoisotopic (exact) mass is 473 g/mol. The van der Waals surface area contributed by atoms with Crippen LogP contribution in [0.1, 0.15) is 25.3 Å². The number of thiazole rings is 1. The molecule has 0 N–H and O–H groups in total. The highest BCUT2D eigenvalue weighted by molar-refractivity contribution is 7.11. The lowest BCUT2D eigenvalue weighted by molar-refractivity contribution is 0.170. The standard InChI is InChI=1S/C23H23N9OS/c1-2-16-12-24-22(25-13-16)30-8-6-19(7-9-30)33-23-27-21(14-34-23)31-10-5-17-11-18(3-4-20(17)31)32-15-26-28-29-32/h3-5,10-15,19H,2,6-9H2,1H3. The van der Waals surface area contributed by atoms with Gasteiger partial charge in [-0.2, -0.15) is 4.98 Å². The van der Waals surface area contributed by atoms with Gasteiger partial charge in [-0.3, -0.25) is 0 Å². The number of ether oxygens (including phenoxy) is 1. The Kier molecular flexibility index (Phi) is 5.38. The number of nitrogens with zero attached hydrogens (tertiary/aromatic N) is 9. The van der Waals surface area contributed by atoms with Gasteiger partial charge >= 0.3 is 0 Å². The molecular weight excluding hydrogens is 450 g/mol. The van der Waals surface area contributed by atoms with Gasteiger partial charge < -0.3 is 14.2 Å². The summed E-state index contributed by atoms with van der Waals surface area (Å²) in [7, 11) is 0. The first-order valence-corrected chi connectivity index (χ1v) is 12.2. The third kappa shape index (κ3) is 3.98. The van der Waals surface area contributed by atoms with E-state index < -0.39 is 0 Å². The lowest BCUT2D eigenvalue weighted by Gasteiger charge is -2.31. The van der Waals surface area contributed by atoms with E-state index in [1.165, 1.54) is 11.3 Å². The van der Waals surface area contributed by atoms with Gasteiger partial charge in [-0.1, -0.05) is 18.3 Å². The largest absolute Gasteiger partial charge is 0.467 e. The Morgan fingerprint density at radius 2 is 1.97 bits per heavy atom. The van der Waals surface area contributed by atoms with Gasteiger partial charge in [0.25, 0.3) is 5.19 Å². The van der Waals surface area contributed by atoms with Gasteiger partial charge in [-0.05, 0) is 46.7 Å². The molecule has 10 nitrogen and oxygen atoms in total. The van der Waals surface area contributed by atoms with Crippen LogP contribution < -0.4 is 9.64 Å². The quantitative estimate of drug-likeness (QED) is 0.370. The average Bonchev–Trinajstić information content (AvgIpc) is 3.65. The number of anilines is 1. The van der Waals surface area contributed by atoms with Crippen molar-refractivity contribution in [3.63, 3.8) is 0 Å². The first kappa shape index (κ1) is 20.7. The molecule has 0 aliphatic carbocycles. The van der Waals surface area contributed by atoms with E-state index in [0.717, 1.165) is 66.3 Å². The number of piperidine rings is 1. The van der Waals surface area contributed by atoms with Crippen LogP contribution in [0.3, 0.4) is 0 Å². The minimum atomic E-state index is 0.144. The molecule has 5 heterocycles. The van der Waals surface area contributed by atoms with E-state index in [9.17, 15) is 0 Å². The summed E-state index contributed by atoms with van der Waals surface area (Å²) in [6.45, 7) is 3.86. The Balaban J connectivity index is 1.12. The van der Waals surface area contributed by atoms with E-state index in [-0.39, 0.29) is 6.10 Å². The van der Waals surface area contributed by atoms with Crippen molar-refractivity contribution in [1.82, 2.24) is 39.7 Å². The molecule has 6 rings (SSSR count). The van der Waals surface area contributed by atoms with E-state index in [2.05, 4.69) is 60.1 Å². The van der Waals surface area contributed by atoms with Crippen molar-refractivity contribution in [3.8, 4) is 16.7 Å². The van der Waals surface area contributed by atoms with Gasteiger partial charge in [0.1, 0.15) is 12.4 Å². The van der Waals surface area contributed by atoms with Gasteiger partial charge in [0.2, 0.25) is 5.95 Å². The molecule has 0 bridgehead atoms. The summed E-state index contributed by atoms with van der Waals surface area (Å²) in [5.74, 6) is 1.65. The number of hydrogen-bond donors (Lipinski definition) is 0. The second kappa shape index (κ2) is 8.82. The lowest BCUT2D eigenvalue weighted by atomic mass is 10.1. The number of benzene rings is 1. The van der Waals surface area contributed by atoms with Crippen LogP contribution in [-0.2, 0) is 6.42 Å². The van der Waals surface area contributed by atoms with Gasteiger partial charge in [0.05, 0.1) is 11.2 Å². The Morgan fingerprint density at radius 3 is 2.74 bits per heavy atom. The van der Waals surface area contributed by atoms with Crippen LogP contribution >= 0.6 is 11.3 Å².